The number of hydrogen-bond donors (Lipinski definition) is 1. The summed E-state index contributed by atoms with van der Waals surface area (Å²) in [5.41, 5.74) is 1.27. The summed E-state index contributed by atoms with van der Waals surface area (Å²) in [6.45, 7) is 1.42. The molecule has 1 N–H and O–H groups in total. The van der Waals surface area contributed by atoms with Crippen molar-refractivity contribution < 1.29 is 27.1 Å². The molecule has 47 heavy (non-hydrogen) atoms. The molecule has 1 aliphatic rings. The van der Waals surface area contributed by atoms with Gasteiger partial charge in [-0.3, -0.25) is 13.9 Å². The van der Waals surface area contributed by atoms with E-state index in [1.165, 1.54) is 23.1 Å². The number of ether oxygens (including phenoxy) is 1. The van der Waals surface area contributed by atoms with Crippen LogP contribution in [0.4, 0.5) is 10.1 Å². The molecule has 0 heterocycles. The van der Waals surface area contributed by atoms with Gasteiger partial charge in [0, 0.05) is 24.6 Å². The van der Waals surface area contributed by atoms with Gasteiger partial charge in [-0.15, -0.1) is 0 Å². The van der Waals surface area contributed by atoms with E-state index in [4.69, 9.17) is 4.74 Å². The molecule has 1 atom stereocenters. The van der Waals surface area contributed by atoms with E-state index in [9.17, 15) is 18.0 Å². The molecular weight excluding hydrogens is 617 g/mol. The molecule has 0 aromatic heterocycles. The quantitative estimate of drug-likeness (QED) is 0.176. The largest absolute Gasteiger partial charge is 0.494 e. The van der Waals surface area contributed by atoms with Crippen LogP contribution < -0.4 is 14.4 Å². The van der Waals surface area contributed by atoms with Gasteiger partial charge in [-0.05, 0) is 67.8 Å². The number of carbonyl (C=O) groups is 2. The predicted octanol–water partition coefficient (Wildman–Crippen LogP) is 6.12. The van der Waals surface area contributed by atoms with Crippen LogP contribution in [0.5, 0.6) is 5.75 Å². The topological polar surface area (TPSA) is 96.0 Å². The second kappa shape index (κ2) is 15.7. The van der Waals surface area contributed by atoms with Gasteiger partial charge < -0.3 is 15.0 Å². The smallest absolute Gasteiger partial charge is 0.264 e. The molecule has 5 rings (SSSR count). The van der Waals surface area contributed by atoms with Gasteiger partial charge in [-0.1, -0.05) is 79.6 Å². The Morgan fingerprint density at radius 3 is 2.13 bits per heavy atom. The molecule has 4 aromatic rings. The fourth-order valence-corrected chi connectivity index (χ4v) is 7.29. The number of halogens is 1. The molecule has 4 aromatic carbocycles. The number of rotatable bonds is 14. The average molecular weight is 658 g/mol. The van der Waals surface area contributed by atoms with E-state index in [1.807, 2.05) is 37.3 Å². The van der Waals surface area contributed by atoms with Crippen LogP contribution >= 0.6 is 0 Å². The molecule has 8 nitrogen and oxygen atoms in total. The zero-order chi connectivity index (χ0) is 33.2. The van der Waals surface area contributed by atoms with E-state index in [-0.39, 0.29) is 41.1 Å². The molecule has 1 saturated carbocycles. The lowest BCUT2D eigenvalue weighted by atomic mass is 10.0. The Labute approximate surface area is 276 Å². The van der Waals surface area contributed by atoms with Gasteiger partial charge in [0.05, 0.1) is 17.2 Å². The minimum absolute atomic E-state index is 0.00199. The number of anilines is 1. The van der Waals surface area contributed by atoms with Crippen LogP contribution in [0.25, 0.3) is 0 Å². The Kier molecular flexibility index (Phi) is 11.3. The molecule has 0 saturated heterocycles. The summed E-state index contributed by atoms with van der Waals surface area (Å²) in [4.78, 5) is 29.9. The van der Waals surface area contributed by atoms with Gasteiger partial charge in [0.25, 0.3) is 10.0 Å². The minimum Gasteiger partial charge on any atom is -0.494 e. The second-order valence-electron chi connectivity index (χ2n) is 11.6. The molecule has 2 amide bonds. The minimum atomic E-state index is -4.24. The van der Waals surface area contributed by atoms with Crippen molar-refractivity contribution in [3.8, 4) is 5.75 Å². The van der Waals surface area contributed by atoms with Crippen molar-refractivity contribution in [1.82, 2.24) is 10.2 Å². The zero-order valence-corrected chi connectivity index (χ0v) is 27.2. The van der Waals surface area contributed by atoms with Crippen LogP contribution in [-0.2, 0) is 32.6 Å². The van der Waals surface area contributed by atoms with Crippen molar-refractivity contribution in [3.63, 3.8) is 0 Å². The van der Waals surface area contributed by atoms with Crippen LogP contribution in [0.3, 0.4) is 0 Å². The molecule has 10 heteroatoms. The summed E-state index contributed by atoms with van der Waals surface area (Å²) >= 11 is 0. The first-order valence-corrected chi connectivity index (χ1v) is 17.4. The molecule has 1 aliphatic carbocycles. The van der Waals surface area contributed by atoms with Crippen molar-refractivity contribution in [1.29, 1.82) is 0 Å². The number of hydrogen-bond acceptors (Lipinski definition) is 5. The molecule has 0 unspecified atom stereocenters. The third-order valence-electron chi connectivity index (χ3n) is 8.32. The van der Waals surface area contributed by atoms with Crippen LogP contribution in [-0.4, -0.2) is 50.4 Å². The standard InChI is InChI=1S/C37H40FN3O5S/c1-2-46-32-23-21-31(22-24-32)41(47(44,45)33-18-7-4-8-19-33)27-36(42)40(26-29-15-9-12-20-34(29)38)35(25-28-13-5-3-6-14-28)37(43)39-30-16-10-11-17-30/h3-9,12-15,18-24,30,35H,2,10-11,16-17,25-27H2,1H3,(H,39,43)/t35-/m1/s1. The molecular formula is C37H40FN3O5S. The van der Waals surface area contributed by atoms with Gasteiger partial charge in [0.2, 0.25) is 11.8 Å². The van der Waals surface area contributed by atoms with E-state index in [1.54, 1.807) is 60.7 Å². The monoisotopic (exact) mass is 657 g/mol. The van der Waals surface area contributed by atoms with Crippen LogP contribution in [0.15, 0.2) is 114 Å². The van der Waals surface area contributed by atoms with E-state index in [0.717, 1.165) is 35.6 Å². The van der Waals surface area contributed by atoms with Crippen molar-refractivity contribution in [2.75, 3.05) is 17.5 Å². The summed E-state index contributed by atoms with van der Waals surface area (Å²) in [5, 5.41) is 3.12. The normalized spacial score (nSPS) is 13.9. The second-order valence-corrected chi connectivity index (χ2v) is 13.4. The highest BCUT2D eigenvalue weighted by molar-refractivity contribution is 7.92. The Hall–Kier alpha value is -4.70. The summed E-state index contributed by atoms with van der Waals surface area (Å²) in [5.74, 6) is -0.985. The number of carbonyl (C=O) groups excluding carboxylic acids is 2. The van der Waals surface area contributed by atoms with Crippen molar-refractivity contribution in [2.45, 2.75) is 62.6 Å². The molecule has 1 fully saturated rings. The van der Waals surface area contributed by atoms with Gasteiger partial charge in [0.15, 0.2) is 0 Å². The molecule has 0 bridgehead atoms. The Bertz CT molecular complexity index is 1730. The fraction of sp³-hybridized carbons (Fsp3) is 0.297. The summed E-state index contributed by atoms with van der Waals surface area (Å²) in [7, 11) is -4.24. The van der Waals surface area contributed by atoms with Crippen LogP contribution in [0.1, 0.15) is 43.7 Å². The molecule has 0 spiro atoms. The van der Waals surface area contributed by atoms with Crippen molar-refractivity contribution >= 4 is 27.5 Å². The van der Waals surface area contributed by atoms with Crippen LogP contribution in [0.2, 0.25) is 0 Å². The van der Waals surface area contributed by atoms with Gasteiger partial charge >= 0.3 is 0 Å². The summed E-state index contributed by atoms with van der Waals surface area (Å²) in [6, 6.07) is 28.6. The molecule has 0 radical (unpaired) electrons. The maximum absolute atomic E-state index is 15.1. The summed E-state index contributed by atoms with van der Waals surface area (Å²) in [6.07, 6.45) is 3.84. The highest BCUT2D eigenvalue weighted by atomic mass is 32.2. The highest BCUT2D eigenvalue weighted by Gasteiger charge is 2.36. The number of amides is 2. The first-order chi connectivity index (χ1) is 22.8. The van der Waals surface area contributed by atoms with Crippen molar-refractivity contribution in [2.24, 2.45) is 0 Å². The highest BCUT2D eigenvalue weighted by Crippen LogP contribution is 2.27. The van der Waals surface area contributed by atoms with E-state index in [2.05, 4.69) is 5.32 Å². The van der Waals surface area contributed by atoms with Gasteiger partial charge in [0.1, 0.15) is 24.2 Å². The van der Waals surface area contributed by atoms with Crippen molar-refractivity contribution in [3.05, 3.63) is 126 Å². The van der Waals surface area contributed by atoms with Crippen LogP contribution in [0, 0.1) is 5.82 Å². The Morgan fingerprint density at radius 2 is 1.49 bits per heavy atom. The number of benzene rings is 4. The fourth-order valence-electron chi connectivity index (χ4n) is 5.86. The Morgan fingerprint density at radius 1 is 0.872 bits per heavy atom. The zero-order valence-electron chi connectivity index (χ0n) is 26.4. The lowest BCUT2D eigenvalue weighted by molar-refractivity contribution is -0.140. The average Bonchev–Trinajstić information content (AvgIpc) is 3.60. The van der Waals surface area contributed by atoms with E-state index < -0.39 is 34.3 Å². The SMILES string of the molecule is CCOc1ccc(N(CC(=O)N(Cc2ccccc2F)[C@H](Cc2ccccc2)C(=O)NC2CCCC2)S(=O)(=O)c2ccccc2)cc1. The maximum atomic E-state index is 15.1. The predicted molar refractivity (Wildman–Crippen MR) is 180 cm³/mol. The number of nitrogens with zero attached hydrogens (tertiary/aromatic N) is 2. The summed E-state index contributed by atoms with van der Waals surface area (Å²) < 4.78 is 49.9. The lowest BCUT2D eigenvalue weighted by Crippen LogP contribution is -2.54. The molecule has 0 aliphatic heterocycles. The van der Waals surface area contributed by atoms with Gasteiger partial charge in [-0.25, -0.2) is 12.8 Å². The third-order valence-corrected chi connectivity index (χ3v) is 10.1. The third kappa shape index (κ3) is 8.56. The molecule has 246 valence electrons. The van der Waals surface area contributed by atoms with Gasteiger partial charge in [-0.2, -0.15) is 0 Å². The maximum Gasteiger partial charge on any atom is 0.264 e. The first-order valence-electron chi connectivity index (χ1n) is 15.9. The van der Waals surface area contributed by atoms with E-state index >= 15 is 4.39 Å². The Balaban J connectivity index is 1.56. The van der Waals surface area contributed by atoms with E-state index in [0.29, 0.717) is 12.4 Å². The first kappa shape index (κ1) is 33.7. The lowest BCUT2D eigenvalue weighted by Gasteiger charge is -2.34. The number of nitrogens with one attached hydrogen (secondary N) is 1. The number of sulfonamides is 1.